The minimum absolute atomic E-state index is 0. The molecular weight excluding hydrogens is 292 g/mol. The van der Waals surface area contributed by atoms with Gasteiger partial charge in [-0.3, -0.25) is 4.79 Å². The first-order valence-electron chi connectivity index (χ1n) is 6.74. The predicted octanol–water partition coefficient (Wildman–Crippen LogP) is 1.45. The smallest absolute Gasteiger partial charge is 0.253 e. The van der Waals surface area contributed by atoms with Gasteiger partial charge < -0.3 is 20.1 Å². The lowest BCUT2D eigenvalue weighted by Gasteiger charge is -2.23. The van der Waals surface area contributed by atoms with Gasteiger partial charge in [0.25, 0.3) is 5.91 Å². The number of methoxy groups -OCH3 is 1. The SMILES string of the molecule is COc1cccc2c1OCC(C(=O)N1CC[C@@H](N)C1)=C2.Cl. The highest BCUT2D eigenvalue weighted by atomic mass is 35.5. The number of ether oxygens (including phenoxy) is 2. The second-order valence-corrected chi connectivity index (χ2v) is 5.14. The highest BCUT2D eigenvalue weighted by Gasteiger charge is 2.28. The summed E-state index contributed by atoms with van der Waals surface area (Å²) < 4.78 is 10.9. The molecule has 2 N–H and O–H groups in total. The van der Waals surface area contributed by atoms with E-state index in [2.05, 4.69) is 0 Å². The fraction of sp³-hybridized carbons (Fsp3) is 0.400. The highest BCUT2D eigenvalue weighted by molar-refractivity contribution is 5.99. The van der Waals surface area contributed by atoms with Crippen molar-refractivity contribution in [3.63, 3.8) is 0 Å². The number of amides is 1. The van der Waals surface area contributed by atoms with Crippen LogP contribution in [0.1, 0.15) is 12.0 Å². The van der Waals surface area contributed by atoms with Gasteiger partial charge in [-0.25, -0.2) is 0 Å². The van der Waals surface area contributed by atoms with Crippen LogP contribution in [-0.4, -0.2) is 43.7 Å². The molecule has 3 rings (SSSR count). The molecule has 2 aliphatic heterocycles. The Bertz CT molecular complexity index is 574. The van der Waals surface area contributed by atoms with Gasteiger partial charge in [0.2, 0.25) is 0 Å². The number of nitrogens with two attached hydrogens (primary N) is 1. The average molecular weight is 311 g/mol. The van der Waals surface area contributed by atoms with Crippen molar-refractivity contribution < 1.29 is 14.3 Å². The maximum Gasteiger partial charge on any atom is 0.253 e. The quantitative estimate of drug-likeness (QED) is 0.898. The lowest BCUT2D eigenvalue weighted by molar-refractivity contribution is -0.126. The first kappa shape index (κ1) is 15.7. The molecule has 0 aromatic heterocycles. The number of halogens is 1. The fourth-order valence-electron chi connectivity index (χ4n) is 2.64. The second kappa shape index (κ2) is 6.37. The van der Waals surface area contributed by atoms with E-state index < -0.39 is 0 Å². The number of rotatable bonds is 2. The number of para-hydroxylation sites is 1. The summed E-state index contributed by atoms with van der Waals surface area (Å²) in [6, 6.07) is 5.74. The fourth-order valence-corrected chi connectivity index (χ4v) is 2.64. The van der Waals surface area contributed by atoms with Crippen molar-refractivity contribution in [2.24, 2.45) is 5.73 Å². The third-order valence-corrected chi connectivity index (χ3v) is 3.72. The van der Waals surface area contributed by atoms with Gasteiger partial charge in [-0.2, -0.15) is 0 Å². The van der Waals surface area contributed by atoms with E-state index in [1.54, 1.807) is 12.0 Å². The Labute approximate surface area is 130 Å². The molecule has 0 bridgehead atoms. The van der Waals surface area contributed by atoms with E-state index in [1.165, 1.54) is 0 Å². The summed E-state index contributed by atoms with van der Waals surface area (Å²) in [6.45, 7) is 1.63. The zero-order valence-corrected chi connectivity index (χ0v) is 12.7. The molecule has 1 saturated heterocycles. The second-order valence-electron chi connectivity index (χ2n) is 5.14. The van der Waals surface area contributed by atoms with Crippen molar-refractivity contribution in [2.45, 2.75) is 12.5 Å². The Kier molecular flexibility index (Phi) is 4.75. The Balaban J connectivity index is 0.00000161. The van der Waals surface area contributed by atoms with Gasteiger partial charge in [0.15, 0.2) is 11.5 Å². The van der Waals surface area contributed by atoms with E-state index in [0.29, 0.717) is 23.6 Å². The Morgan fingerprint density at radius 1 is 1.48 bits per heavy atom. The summed E-state index contributed by atoms with van der Waals surface area (Å²) >= 11 is 0. The number of likely N-dealkylation sites (tertiary alicyclic amines) is 1. The number of benzene rings is 1. The van der Waals surface area contributed by atoms with Crippen molar-refractivity contribution in [1.29, 1.82) is 0 Å². The summed E-state index contributed by atoms with van der Waals surface area (Å²) in [6.07, 6.45) is 2.75. The summed E-state index contributed by atoms with van der Waals surface area (Å²) in [5.41, 5.74) is 7.39. The standard InChI is InChI=1S/C15H18N2O3.ClH/c1-19-13-4-2-3-10-7-11(9-20-14(10)13)15(18)17-6-5-12(16)8-17;/h2-4,7,12H,5-6,8-9,16H2,1H3;1H/t12-;/m1./s1. The Hall–Kier alpha value is -1.72. The van der Waals surface area contributed by atoms with Crippen molar-refractivity contribution in [3.05, 3.63) is 29.3 Å². The van der Waals surface area contributed by atoms with Crippen LogP contribution in [0.3, 0.4) is 0 Å². The lowest BCUT2D eigenvalue weighted by atomic mass is 10.1. The molecule has 0 spiro atoms. The maximum atomic E-state index is 12.4. The molecule has 1 fully saturated rings. The minimum atomic E-state index is 0. The van der Waals surface area contributed by atoms with Crippen LogP contribution in [0.4, 0.5) is 0 Å². The van der Waals surface area contributed by atoms with E-state index in [4.69, 9.17) is 15.2 Å². The molecule has 0 radical (unpaired) electrons. The normalized spacial score (nSPS) is 20.0. The van der Waals surface area contributed by atoms with Crippen molar-refractivity contribution in [1.82, 2.24) is 4.90 Å². The molecule has 0 aliphatic carbocycles. The number of nitrogens with zero attached hydrogens (tertiary/aromatic N) is 1. The molecular formula is C15H19ClN2O3. The van der Waals surface area contributed by atoms with Crippen LogP contribution in [0.15, 0.2) is 23.8 Å². The lowest BCUT2D eigenvalue weighted by Crippen LogP contribution is -2.34. The summed E-state index contributed by atoms with van der Waals surface area (Å²) in [7, 11) is 1.61. The molecule has 2 aliphatic rings. The van der Waals surface area contributed by atoms with Crippen LogP contribution in [-0.2, 0) is 4.79 Å². The van der Waals surface area contributed by atoms with E-state index in [0.717, 1.165) is 18.5 Å². The number of carbonyl (C=O) groups excluding carboxylic acids is 1. The van der Waals surface area contributed by atoms with Crippen LogP contribution < -0.4 is 15.2 Å². The molecule has 6 heteroatoms. The first-order chi connectivity index (χ1) is 9.69. The number of hydrogen-bond donors (Lipinski definition) is 1. The monoisotopic (exact) mass is 310 g/mol. The number of carbonyl (C=O) groups is 1. The van der Waals surface area contributed by atoms with Gasteiger partial charge in [-0.15, -0.1) is 12.4 Å². The molecule has 0 unspecified atom stereocenters. The summed E-state index contributed by atoms with van der Waals surface area (Å²) in [5.74, 6) is 1.41. The molecule has 1 amide bonds. The highest BCUT2D eigenvalue weighted by Crippen LogP contribution is 2.35. The zero-order valence-electron chi connectivity index (χ0n) is 11.9. The Morgan fingerprint density at radius 2 is 2.29 bits per heavy atom. The third-order valence-electron chi connectivity index (χ3n) is 3.72. The van der Waals surface area contributed by atoms with Gasteiger partial charge in [0.1, 0.15) is 6.61 Å². The molecule has 1 aromatic carbocycles. The van der Waals surface area contributed by atoms with Gasteiger partial charge >= 0.3 is 0 Å². The van der Waals surface area contributed by atoms with Gasteiger partial charge in [-0.05, 0) is 18.6 Å². The topological polar surface area (TPSA) is 64.8 Å². The molecule has 0 saturated carbocycles. The molecule has 21 heavy (non-hydrogen) atoms. The van der Waals surface area contributed by atoms with Crippen LogP contribution >= 0.6 is 12.4 Å². The maximum absolute atomic E-state index is 12.4. The van der Waals surface area contributed by atoms with E-state index in [1.807, 2.05) is 24.3 Å². The van der Waals surface area contributed by atoms with Crippen molar-refractivity contribution >= 4 is 24.4 Å². The summed E-state index contributed by atoms with van der Waals surface area (Å²) in [4.78, 5) is 14.2. The molecule has 2 heterocycles. The predicted molar refractivity (Wildman–Crippen MR) is 82.9 cm³/mol. The molecule has 1 atom stereocenters. The molecule has 1 aromatic rings. The van der Waals surface area contributed by atoms with Gasteiger partial charge in [0.05, 0.1) is 12.7 Å². The first-order valence-corrected chi connectivity index (χ1v) is 6.74. The van der Waals surface area contributed by atoms with Gasteiger partial charge in [0, 0.05) is 24.7 Å². The van der Waals surface area contributed by atoms with Crippen LogP contribution in [0.25, 0.3) is 6.08 Å². The number of hydrogen-bond acceptors (Lipinski definition) is 4. The van der Waals surface area contributed by atoms with E-state index in [-0.39, 0.29) is 31.0 Å². The van der Waals surface area contributed by atoms with Crippen LogP contribution in [0, 0.1) is 0 Å². The number of fused-ring (bicyclic) bond motifs is 1. The van der Waals surface area contributed by atoms with Crippen molar-refractivity contribution in [2.75, 3.05) is 26.8 Å². The Morgan fingerprint density at radius 3 is 2.95 bits per heavy atom. The van der Waals surface area contributed by atoms with Crippen molar-refractivity contribution in [3.8, 4) is 11.5 Å². The van der Waals surface area contributed by atoms with E-state index in [9.17, 15) is 4.79 Å². The van der Waals surface area contributed by atoms with Crippen LogP contribution in [0.2, 0.25) is 0 Å². The average Bonchev–Trinajstić information content (AvgIpc) is 2.91. The molecule has 5 nitrogen and oxygen atoms in total. The van der Waals surface area contributed by atoms with E-state index >= 15 is 0 Å². The largest absolute Gasteiger partial charge is 0.493 e. The summed E-state index contributed by atoms with van der Waals surface area (Å²) in [5, 5.41) is 0. The third kappa shape index (κ3) is 2.99. The minimum Gasteiger partial charge on any atom is -0.493 e. The molecule has 114 valence electrons. The van der Waals surface area contributed by atoms with Gasteiger partial charge in [-0.1, -0.05) is 12.1 Å². The van der Waals surface area contributed by atoms with Crippen LogP contribution in [0.5, 0.6) is 11.5 Å². The zero-order chi connectivity index (χ0) is 14.1.